The highest BCUT2D eigenvalue weighted by Gasteiger charge is 2.03. The van der Waals surface area contributed by atoms with Crippen LogP contribution in [0.1, 0.15) is 26.3 Å². The number of carbonyl (C=O) groups excluding carboxylic acids is 1. The van der Waals surface area contributed by atoms with Gasteiger partial charge in [0, 0.05) is 31.9 Å². The molecular weight excluding hydrogens is 306 g/mol. The van der Waals surface area contributed by atoms with Crippen molar-refractivity contribution in [3.8, 4) is 0 Å². The SMILES string of the molecule is CCNC(=NCc1ccc(NC(=O)NC(C)C)cc1)NCCOC. The van der Waals surface area contributed by atoms with E-state index in [4.69, 9.17) is 4.74 Å². The number of methoxy groups -OCH3 is 1. The van der Waals surface area contributed by atoms with Crippen LogP contribution < -0.4 is 21.3 Å². The van der Waals surface area contributed by atoms with Crippen LogP contribution in [0.3, 0.4) is 0 Å². The Kier molecular flexibility index (Phi) is 9.29. The standard InChI is InChI=1S/C17H29N5O2/c1-5-18-16(19-10-11-24-4)20-12-14-6-8-15(9-7-14)22-17(23)21-13(2)3/h6-9,13H,5,10-12H2,1-4H3,(H2,18,19,20)(H2,21,22,23). The maximum atomic E-state index is 11.6. The van der Waals surface area contributed by atoms with Crippen molar-refractivity contribution in [1.29, 1.82) is 0 Å². The van der Waals surface area contributed by atoms with Crippen LogP contribution in [0, 0.1) is 0 Å². The van der Waals surface area contributed by atoms with Crippen LogP contribution in [0.2, 0.25) is 0 Å². The summed E-state index contributed by atoms with van der Waals surface area (Å²) in [6, 6.07) is 7.55. The molecule has 4 N–H and O–H groups in total. The topological polar surface area (TPSA) is 86.8 Å². The molecule has 0 spiro atoms. The predicted molar refractivity (Wildman–Crippen MR) is 98.4 cm³/mol. The quantitative estimate of drug-likeness (QED) is 0.332. The number of anilines is 1. The number of benzene rings is 1. The molecular formula is C17H29N5O2. The van der Waals surface area contributed by atoms with Gasteiger partial charge >= 0.3 is 6.03 Å². The lowest BCUT2D eigenvalue weighted by Gasteiger charge is -2.11. The molecule has 2 amide bonds. The summed E-state index contributed by atoms with van der Waals surface area (Å²) in [6.07, 6.45) is 0. The van der Waals surface area contributed by atoms with E-state index in [1.54, 1.807) is 7.11 Å². The Balaban J connectivity index is 2.54. The van der Waals surface area contributed by atoms with Crippen molar-refractivity contribution in [2.45, 2.75) is 33.4 Å². The minimum absolute atomic E-state index is 0.105. The second kappa shape index (κ2) is 11.3. The minimum Gasteiger partial charge on any atom is -0.383 e. The number of amides is 2. The third-order valence-corrected chi connectivity index (χ3v) is 2.99. The van der Waals surface area contributed by atoms with Crippen molar-refractivity contribution >= 4 is 17.7 Å². The zero-order valence-corrected chi connectivity index (χ0v) is 15.0. The molecule has 0 aliphatic rings. The molecule has 0 aliphatic heterocycles. The van der Waals surface area contributed by atoms with E-state index in [1.807, 2.05) is 45.0 Å². The van der Waals surface area contributed by atoms with Crippen molar-refractivity contribution in [2.24, 2.45) is 4.99 Å². The van der Waals surface area contributed by atoms with Crippen LogP contribution in [0.25, 0.3) is 0 Å². The van der Waals surface area contributed by atoms with E-state index in [0.29, 0.717) is 19.7 Å². The van der Waals surface area contributed by atoms with Crippen LogP contribution in [0.15, 0.2) is 29.3 Å². The molecule has 1 aromatic rings. The Morgan fingerprint density at radius 3 is 2.50 bits per heavy atom. The summed E-state index contributed by atoms with van der Waals surface area (Å²) in [4.78, 5) is 16.2. The Labute approximate surface area is 144 Å². The van der Waals surface area contributed by atoms with E-state index in [2.05, 4.69) is 26.3 Å². The molecule has 0 aromatic heterocycles. The van der Waals surface area contributed by atoms with Gasteiger partial charge in [0.25, 0.3) is 0 Å². The summed E-state index contributed by atoms with van der Waals surface area (Å²) in [5.74, 6) is 0.757. The molecule has 0 heterocycles. The van der Waals surface area contributed by atoms with Crippen molar-refractivity contribution in [1.82, 2.24) is 16.0 Å². The smallest absolute Gasteiger partial charge is 0.319 e. The summed E-state index contributed by atoms with van der Waals surface area (Å²) in [7, 11) is 1.67. The van der Waals surface area contributed by atoms with Gasteiger partial charge in [0.05, 0.1) is 13.2 Å². The van der Waals surface area contributed by atoms with E-state index < -0.39 is 0 Å². The van der Waals surface area contributed by atoms with E-state index in [0.717, 1.165) is 23.8 Å². The van der Waals surface area contributed by atoms with Crippen LogP contribution in [-0.4, -0.2) is 44.8 Å². The average Bonchev–Trinajstić information content (AvgIpc) is 2.53. The van der Waals surface area contributed by atoms with Gasteiger partial charge in [-0.3, -0.25) is 0 Å². The molecule has 7 nitrogen and oxygen atoms in total. The van der Waals surface area contributed by atoms with E-state index in [1.165, 1.54) is 0 Å². The molecule has 1 rings (SSSR count). The molecule has 0 saturated carbocycles. The van der Waals surface area contributed by atoms with E-state index in [9.17, 15) is 4.79 Å². The number of hydrogen-bond acceptors (Lipinski definition) is 3. The second-order valence-electron chi connectivity index (χ2n) is 5.56. The predicted octanol–water partition coefficient (Wildman–Crippen LogP) is 1.92. The first-order chi connectivity index (χ1) is 11.5. The van der Waals surface area contributed by atoms with Gasteiger partial charge in [0.15, 0.2) is 5.96 Å². The minimum atomic E-state index is -0.201. The molecule has 0 atom stereocenters. The maximum absolute atomic E-state index is 11.6. The normalized spacial score (nSPS) is 11.3. The summed E-state index contributed by atoms with van der Waals surface area (Å²) < 4.78 is 5.02. The van der Waals surface area contributed by atoms with Gasteiger partial charge in [-0.1, -0.05) is 12.1 Å². The average molecular weight is 335 g/mol. The van der Waals surface area contributed by atoms with Gasteiger partial charge in [-0.25, -0.2) is 9.79 Å². The molecule has 24 heavy (non-hydrogen) atoms. The molecule has 0 bridgehead atoms. The van der Waals surface area contributed by atoms with Crippen LogP contribution in [-0.2, 0) is 11.3 Å². The first-order valence-electron chi connectivity index (χ1n) is 8.22. The number of guanidine groups is 1. The van der Waals surface area contributed by atoms with Gasteiger partial charge in [-0.15, -0.1) is 0 Å². The number of carbonyl (C=O) groups is 1. The second-order valence-corrected chi connectivity index (χ2v) is 5.56. The summed E-state index contributed by atoms with van der Waals surface area (Å²) in [5.41, 5.74) is 1.82. The van der Waals surface area contributed by atoms with Gasteiger partial charge < -0.3 is 26.0 Å². The molecule has 0 aliphatic carbocycles. The third-order valence-electron chi connectivity index (χ3n) is 2.99. The fraction of sp³-hybridized carbons (Fsp3) is 0.529. The number of nitrogens with one attached hydrogen (secondary N) is 4. The largest absolute Gasteiger partial charge is 0.383 e. The Hall–Kier alpha value is -2.28. The first-order valence-corrected chi connectivity index (χ1v) is 8.22. The number of rotatable bonds is 8. The highest BCUT2D eigenvalue weighted by Crippen LogP contribution is 2.10. The maximum Gasteiger partial charge on any atom is 0.319 e. The molecule has 1 aromatic carbocycles. The van der Waals surface area contributed by atoms with Gasteiger partial charge in [0.2, 0.25) is 0 Å². The van der Waals surface area contributed by atoms with Crippen LogP contribution in [0.5, 0.6) is 0 Å². The number of nitrogens with zero attached hydrogens (tertiary/aromatic N) is 1. The fourth-order valence-corrected chi connectivity index (χ4v) is 1.91. The van der Waals surface area contributed by atoms with Crippen LogP contribution >= 0.6 is 0 Å². The van der Waals surface area contributed by atoms with Crippen molar-refractivity contribution < 1.29 is 9.53 Å². The van der Waals surface area contributed by atoms with Gasteiger partial charge in [0.1, 0.15) is 0 Å². The Morgan fingerprint density at radius 1 is 1.21 bits per heavy atom. The summed E-state index contributed by atoms with van der Waals surface area (Å²) in [6.45, 7) is 8.55. The van der Waals surface area contributed by atoms with Crippen molar-refractivity contribution in [3.05, 3.63) is 29.8 Å². The van der Waals surface area contributed by atoms with Crippen LogP contribution in [0.4, 0.5) is 10.5 Å². The van der Waals surface area contributed by atoms with Crippen molar-refractivity contribution in [3.63, 3.8) is 0 Å². The molecule has 0 radical (unpaired) electrons. The van der Waals surface area contributed by atoms with E-state index in [-0.39, 0.29) is 12.1 Å². The summed E-state index contributed by atoms with van der Waals surface area (Å²) in [5, 5.41) is 12.0. The lowest BCUT2D eigenvalue weighted by molar-refractivity contribution is 0.203. The summed E-state index contributed by atoms with van der Waals surface area (Å²) >= 11 is 0. The molecule has 134 valence electrons. The fourth-order valence-electron chi connectivity index (χ4n) is 1.91. The zero-order valence-electron chi connectivity index (χ0n) is 15.0. The molecule has 0 saturated heterocycles. The monoisotopic (exact) mass is 335 g/mol. The van der Waals surface area contributed by atoms with Gasteiger partial charge in [-0.05, 0) is 38.5 Å². The molecule has 0 fully saturated rings. The number of aliphatic imine (C=N–C) groups is 1. The van der Waals surface area contributed by atoms with Crippen molar-refractivity contribution in [2.75, 3.05) is 32.1 Å². The first kappa shape index (κ1) is 19.8. The Bertz CT molecular complexity index is 514. The number of ether oxygens (including phenoxy) is 1. The molecule has 0 unspecified atom stereocenters. The highest BCUT2D eigenvalue weighted by atomic mass is 16.5. The number of urea groups is 1. The Morgan fingerprint density at radius 2 is 1.92 bits per heavy atom. The lowest BCUT2D eigenvalue weighted by atomic mass is 10.2. The number of hydrogen-bond donors (Lipinski definition) is 4. The molecule has 7 heteroatoms. The third kappa shape index (κ3) is 8.38. The highest BCUT2D eigenvalue weighted by molar-refractivity contribution is 5.89. The van der Waals surface area contributed by atoms with E-state index >= 15 is 0 Å². The zero-order chi connectivity index (χ0) is 17.8. The van der Waals surface area contributed by atoms with Gasteiger partial charge in [-0.2, -0.15) is 0 Å². The lowest BCUT2D eigenvalue weighted by Crippen LogP contribution is -2.38.